The lowest BCUT2D eigenvalue weighted by atomic mass is 10.1. The average Bonchev–Trinajstić information content (AvgIpc) is 2.29. The molecule has 0 aliphatic rings. The van der Waals surface area contributed by atoms with Crippen molar-refractivity contribution in [3.8, 4) is 22.6 Å². The van der Waals surface area contributed by atoms with Gasteiger partial charge in [-0.25, -0.2) is 0 Å². The normalized spacial score (nSPS) is 9.93. The zero-order valence-electron chi connectivity index (χ0n) is 8.47. The number of ether oxygens (including phenoxy) is 1. The van der Waals surface area contributed by atoms with Crippen molar-refractivity contribution in [2.24, 2.45) is 0 Å². The molecule has 0 unspecified atom stereocenters. The topological polar surface area (TPSA) is 29.5 Å². The second kappa shape index (κ2) is 4.05. The van der Waals surface area contributed by atoms with Crippen molar-refractivity contribution in [3.05, 3.63) is 48.5 Å². The van der Waals surface area contributed by atoms with Crippen LogP contribution in [0.5, 0.6) is 11.5 Å². The third-order valence-corrected chi connectivity index (χ3v) is 2.25. The highest BCUT2D eigenvalue weighted by Gasteiger charge is 1.99. The summed E-state index contributed by atoms with van der Waals surface area (Å²) in [7, 11) is 1.64. The Bertz CT molecular complexity index is 464. The highest BCUT2D eigenvalue weighted by atomic mass is 16.5. The van der Waals surface area contributed by atoms with Crippen molar-refractivity contribution in [3.63, 3.8) is 0 Å². The van der Waals surface area contributed by atoms with E-state index in [-0.39, 0.29) is 5.75 Å². The fourth-order valence-corrected chi connectivity index (χ4v) is 1.49. The van der Waals surface area contributed by atoms with Crippen LogP contribution in [0, 0.1) is 0 Å². The highest BCUT2D eigenvalue weighted by Crippen LogP contribution is 2.25. The van der Waals surface area contributed by atoms with Gasteiger partial charge in [-0.3, -0.25) is 0 Å². The standard InChI is InChI=1S/C13H12O2/c1-15-13-7-3-5-11(9-13)10-4-2-6-12(14)8-10/h2-9,14H,1H3. The predicted octanol–water partition coefficient (Wildman–Crippen LogP) is 3.07. The first kappa shape index (κ1) is 9.59. The predicted molar refractivity (Wildman–Crippen MR) is 60.1 cm³/mol. The van der Waals surface area contributed by atoms with Gasteiger partial charge in [0.15, 0.2) is 0 Å². The first-order valence-electron chi connectivity index (χ1n) is 4.73. The van der Waals surface area contributed by atoms with Gasteiger partial charge in [0.05, 0.1) is 7.11 Å². The lowest BCUT2D eigenvalue weighted by Gasteiger charge is -2.04. The van der Waals surface area contributed by atoms with Crippen LogP contribution >= 0.6 is 0 Å². The Labute approximate surface area is 88.8 Å². The molecule has 0 aromatic heterocycles. The van der Waals surface area contributed by atoms with Gasteiger partial charge in [0, 0.05) is 0 Å². The molecule has 0 fully saturated rings. The number of rotatable bonds is 2. The van der Waals surface area contributed by atoms with E-state index < -0.39 is 0 Å². The van der Waals surface area contributed by atoms with E-state index in [1.165, 1.54) is 0 Å². The van der Waals surface area contributed by atoms with Crippen molar-refractivity contribution < 1.29 is 9.84 Å². The molecule has 0 bridgehead atoms. The molecule has 2 aromatic rings. The first-order chi connectivity index (χ1) is 7.29. The van der Waals surface area contributed by atoms with Crippen molar-refractivity contribution in [1.82, 2.24) is 0 Å². The molecule has 1 N–H and O–H groups in total. The lowest BCUT2D eigenvalue weighted by molar-refractivity contribution is 0.415. The quantitative estimate of drug-likeness (QED) is 0.807. The van der Waals surface area contributed by atoms with E-state index in [0.29, 0.717) is 0 Å². The molecule has 0 amide bonds. The molecule has 76 valence electrons. The van der Waals surface area contributed by atoms with Crippen molar-refractivity contribution in [2.45, 2.75) is 0 Å². The third kappa shape index (κ3) is 2.10. The molecule has 0 saturated carbocycles. The molecule has 2 nitrogen and oxygen atoms in total. The van der Waals surface area contributed by atoms with Gasteiger partial charge in [-0.1, -0.05) is 24.3 Å². The SMILES string of the molecule is COc1cccc(-c2cccc(O)c2)c1. The number of phenols is 1. The Balaban J connectivity index is 2.44. The number of benzene rings is 2. The molecule has 0 aliphatic heterocycles. The van der Waals surface area contributed by atoms with Gasteiger partial charge in [0.1, 0.15) is 11.5 Å². The largest absolute Gasteiger partial charge is 0.508 e. The van der Waals surface area contributed by atoms with Gasteiger partial charge in [-0.2, -0.15) is 0 Å². The molecule has 0 atom stereocenters. The van der Waals surface area contributed by atoms with Crippen LogP contribution in [-0.2, 0) is 0 Å². The monoisotopic (exact) mass is 200 g/mol. The summed E-state index contributed by atoms with van der Waals surface area (Å²) in [4.78, 5) is 0. The average molecular weight is 200 g/mol. The van der Waals surface area contributed by atoms with E-state index >= 15 is 0 Å². The van der Waals surface area contributed by atoms with E-state index in [4.69, 9.17) is 4.74 Å². The summed E-state index contributed by atoms with van der Waals surface area (Å²) in [5.74, 6) is 1.09. The summed E-state index contributed by atoms with van der Waals surface area (Å²) in [6, 6.07) is 14.9. The van der Waals surface area contributed by atoms with E-state index in [0.717, 1.165) is 16.9 Å². The minimum Gasteiger partial charge on any atom is -0.508 e. The van der Waals surface area contributed by atoms with Crippen LogP contribution in [0.3, 0.4) is 0 Å². The minimum atomic E-state index is 0.273. The highest BCUT2D eigenvalue weighted by molar-refractivity contribution is 5.66. The van der Waals surface area contributed by atoms with Gasteiger partial charge in [0.25, 0.3) is 0 Å². The van der Waals surface area contributed by atoms with E-state index in [2.05, 4.69) is 0 Å². The fraction of sp³-hybridized carbons (Fsp3) is 0.0769. The Morgan fingerprint density at radius 3 is 2.27 bits per heavy atom. The third-order valence-electron chi connectivity index (χ3n) is 2.25. The lowest BCUT2D eigenvalue weighted by Crippen LogP contribution is -1.83. The van der Waals surface area contributed by atoms with Gasteiger partial charge in [-0.15, -0.1) is 0 Å². The molecule has 0 aliphatic carbocycles. The maximum Gasteiger partial charge on any atom is 0.119 e. The molecular weight excluding hydrogens is 188 g/mol. The van der Waals surface area contributed by atoms with Crippen LogP contribution in [0.15, 0.2) is 48.5 Å². The van der Waals surface area contributed by atoms with Crippen LogP contribution in [0.2, 0.25) is 0 Å². The molecule has 2 aromatic carbocycles. The molecule has 0 saturated heterocycles. The van der Waals surface area contributed by atoms with Crippen LogP contribution in [0.4, 0.5) is 0 Å². The Morgan fingerprint density at radius 1 is 0.933 bits per heavy atom. The van der Waals surface area contributed by atoms with E-state index in [1.807, 2.05) is 36.4 Å². The van der Waals surface area contributed by atoms with E-state index in [1.54, 1.807) is 19.2 Å². The Kier molecular flexibility index (Phi) is 2.59. The summed E-state index contributed by atoms with van der Waals surface area (Å²) in [5, 5.41) is 9.37. The zero-order chi connectivity index (χ0) is 10.7. The van der Waals surface area contributed by atoms with Crippen molar-refractivity contribution >= 4 is 0 Å². The number of hydrogen-bond acceptors (Lipinski definition) is 2. The molecule has 0 heterocycles. The summed E-state index contributed by atoms with van der Waals surface area (Å²) < 4.78 is 5.14. The molecule has 0 spiro atoms. The van der Waals surface area contributed by atoms with Gasteiger partial charge in [0.2, 0.25) is 0 Å². The maximum absolute atomic E-state index is 9.37. The Hall–Kier alpha value is -1.96. The fourth-order valence-electron chi connectivity index (χ4n) is 1.49. The van der Waals surface area contributed by atoms with E-state index in [9.17, 15) is 5.11 Å². The molecule has 2 heteroatoms. The van der Waals surface area contributed by atoms with Crippen LogP contribution < -0.4 is 4.74 Å². The summed E-state index contributed by atoms with van der Waals surface area (Å²) in [6.45, 7) is 0. The Morgan fingerprint density at radius 2 is 1.60 bits per heavy atom. The summed E-state index contributed by atoms with van der Waals surface area (Å²) in [5.41, 5.74) is 2.01. The second-order valence-electron chi connectivity index (χ2n) is 3.28. The minimum absolute atomic E-state index is 0.273. The van der Waals surface area contributed by atoms with Crippen LogP contribution in [0.1, 0.15) is 0 Å². The van der Waals surface area contributed by atoms with Gasteiger partial charge >= 0.3 is 0 Å². The zero-order valence-corrected chi connectivity index (χ0v) is 8.47. The van der Waals surface area contributed by atoms with Gasteiger partial charge in [-0.05, 0) is 35.4 Å². The van der Waals surface area contributed by atoms with Crippen molar-refractivity contribution in [1.29, 1.82) is 0 Å². The number of methoxy groups -OCH3 is 1. The maximum atomic E-state index is 9.37. The number of hydrogen-bond donors (Lipinski definition) is 1. The molecular formula is C13H12O2. The summed E-state index contributed by atoms with van der Waals surface area (Å²) >= 11 is 0. The van der Waals surface area contributed by atoms with Crippen molar-refractivity contribution in [2.75, 3.05) is 7.11 Å². The van der Waals surface area contributed by atoms with Crippen LogP contribution in [-0.4, -0.2) is 12.2 Å². The van der Waals surface area contributed by atoms with Gasteiger partial charge < -0.3 is 9.84 Å². The number of phenolic OH excluding ortho intramolecular Hbond substituents is 1. The summed E-state index contributed by atoms with van der Waals surface area (Å²) in [6.07, 6.45) is 0. The van der Waals surface area contributed by atoms with Crippen LogP contribution in [0.25, 0.3) is 11.1 Å². The second-order valence-corrected chi connectivity index (χ2v) is 3.28. The smallest absolute Gasteiger partial charge is 0.119 e. The first-order valence-corrected chi connectivity index (χ1v) is 4.73. The number of aromatic hydroxyl groups is 1. The molecule has 15 heavy (non-hydrogen) atoms. The molecule has 0 radical (unpaired) electrons. The molecule has 2 rings (SSSR count).